The topological polar surface area (TPSA) is 86.3 Å². The van der Waals surface area contributed by atoms with Crippen molar-refractivity contribution in [1.82, 2.24) is 5.32 Å². The summed E-state index contributed by atoms with van der Waals surface area (Å²) in [6.45, 7) is 0.720. The minimum absolute atomic E-state index is 0.237. The first-order chi connectivity index (χ1) is 15.4. The number of amides is 2. The summed E-state index contributed by atoms with van der Waals surface area (Å²) in [7, 11) is 4.50. The third-order valence-electron chi connectivity index (χ3n) is 4.94. The van der Waals surface area contributed by atoms with Crippen LogP contribution in [0.15, 0.2) is 35.2 Å². The van der Waals surface area contributed by atoms with E-state index in [1.807, 2.05) is 12.1 Å². The lowest BCUT2D eigenvalue weighted by Crippen LogP contribution is -2.38. The molecule has 0 saturated carbocycles. The first-order valence-electron chi connectivity index (χ1n) is 9.58. The molecule has 1 N–H and O–H groups in total. The first-order valence-corrected chi connectivity index (χ1v) is 10.8. The molecule has 8 nitrogen and oxygen atoms in total. The van der Waals surface area contributed by atoms with Crippen LogP contribution in [0.1, 0.15) is 15.9 Å². The van der Waals surface area contributed by atoms with Crippen LogP contribution < -0.4 is 29.2 Å². The molecular formula is C22H20N2O6S2. The number of carbonyl (C=O) groups is 2. The summed E-state index contributed by atoms with van der Waals surface area (Å²) in [4.78, 5) is 27.6. The summed E-state index contributed by atoms with van der Waals surface area (Å²) >= 11 is 6.24. The van der Waals surface area contributed by atoms with Crippen LogP contribution in [-0.2, 0) is 4.79 Å². The molecule has 10 heteroatoms. The van der Waals surface area contributed by atoms with Gasteiger partial charge in [-0.15, -0.1) is 0 Å². The second-order valence-electron chi connectivity index (χ2n) is 6.80. The van der Waals surface area contributed by atoms with Crippen LogP contribution in [0.3, 0.4) is 0 Å². The zero-order valence-corrected chi connectivity index (χ0v) is 19.2. The van der Waals surface area contributed by atoms with E-state index in [9.17, 15) is 9.59 Å². The van der Waals surface area contributed by atoms with Crippen molar-refractivity contribution in [2.45, 2.75) is 0 Å². The Morgan fingerprint density at radius 1 is 1.16 bits per heavy atom. The molecule has 2 amide bonds. The van der Waals surface area contributed by atoms with Crippen LogP contribution in [0.25, 0.3) is 6.08 Å². The van der Waals surface area contributed by atoms with Gasteiger partial charge in [0.2, 0.25) is 5.75 Å². The fraction of sp³-hybridized carbons (Fsp3) is 0.227. The molecule has 0 radical (unpaired) electrons. The van der Waals surface area contributed by atoms with E-state index >= 15 is 0 Å². The molecule has 0 bridgehead atoms. The zero-order valence-electron chi connectivity index (χ0n) is 17.6. The molecule has 2 aliphatic heterocycles. The van der Waals surface area contributed by atoms with Crippen molar-refractivity contribution in [2.75, 3.05) is 39.4 Å². The average molecular weight is 473 g/mol. The third-order valence-corrected chi connectivity index (χ3v) is 6.11. The highest BCUT2D eigenvalue weighted by Gasteiger charge is 2.28. The number of hydrogen-bond donors (Lipinski definition) is 1. The molecule has 2 aromatic carbocycles. The van der Waals surface area contributed by atoms with Gasteiger partial charge in [0.1, 0.15) is 16.7 Å². The second kappa shape index (κ2) is 9.09. The number of nitrogens with zero attached hydrogens (tertiary/aromatic N) is 1. The van der Waals surface area contributed by atoms with Gasteiger partial charge in [-0.25, -0.2) is 0 Å². The average Bonchev–Trinajstić information content (AvgIpc) is 3.13. The Bertz CT molecular complexity index is 1120. The molecule has 0 spiro atoms. The first kappa shape index (κ1) is 22.0. The zero-order chi connectivity index (χ0) is 22.8. The number of carbonyl (C=O) groups excluding carboxylic acids is 2. The molecule has 4 rings (SSSR count). The SMILES string of the molecule is COc1cc(C(=O)N2CCOc3ccc(/C=C4\SC(=S)NC4=O)cc32)cc(OC)c1OC. The van der Waals surface area contributed by atoms with E-state index in [1.165, 1.54) is 33.1 Å². The second-order valence-corrected chi connectivity index (χ2v) is 8.52. The monoisotopic (exact) mass is 472 g/mol. The van der Waals surface area contributed by atoms with E-state index in [4.69, 9.17) is 31.2 Å². The maximum absolute atomic E-state index is 13.5. The number of thiocarbonyl (C=S) groups is 1. The Balaban J connectivity index is 1.71. The van der Waals surface area contributed by atoms with Gasteiger partial charge < -0.3 is 29.2 Å². The van der Waals surface area contributed by atoms with Crippen LogP contribution in [-0.4, -0.2) is 50.6 Å². The summed E-state index contributed by atoms with van der Waals surface area (Å²) < 4.78 is 22.3. The number of benzene rings is 2. The van der Waals surface area contributed by atoms with Crippen molar-refractivity contribution < 1.29 is 28.5 Å². The van der Waals surface area contributed by atoms with E-state index < -0.39 is 0 Å². The number of anilines is 1. The summed E-state index contributed by atoms with van der Waals surface area (Å²) in [6, 6.07) is 8.66. The van der Waals surface area contributed by atoms with E-state index in [0.29, 0.717) is 56.6 Å². The van der Waals surface area contributed by atoms with Crippen molar-refractivity contribution in [3.63, 3.8) is 0 Å². The van der Waals surface area contributed by atoms with Crippen LogP contribution >= 0.6 is 24.0 Å². The third kappa shape index (κ3) is 4.11. The highest BCUT2D eigenvalue weighted by atomic mass is 32.2. The molecule has 1 fully saturated rings. The minimum atomic E-state index is -0.243. The number of nitrogens with one attached hydrogen (secondary N) is 1. The Hall–Kier alpha value is -3.24. The Morgan fingerprint density at radius 2 is 1.88 bits per heavy atom. The predicted molar refractivity (Wildman–Crippen MR) is 126 cm³/mol. The van der Waals surface area contributed by atoms with Crippen LogP contribution in [0, 0.1) is 0 Å². The molecule has 0 atom stereocenters. The summed E-state index contributed by atoms with van der Waals surface area (Å²) in [6.07, 6.45) is 1.73. The number of hydrogen-bond acceptors (Lipinski definition) is 8. The van der Waals surface area contributed by atoms with E-state index in [1.54, 1.807) is 29.2 Å². The largest absolute Gasteiger partial charge is 0.493 e. The molecule has 0 unspecified atom stereocenters. The number of ether oxygens (including phenoxy) is 4. The molecule has 2 aromatic rings. The Morgan fingerprint density at radius 3 is 2.47 bits per heavy atom. The van der Waals surface area contributed by atoms with Gasteiger partial charge in [-0.2, -0.15) is 0 Å². The molecule has 2 aliphatic rings. The van der Waals surface area contributed by atoms with Crippen molar-refractivity contribution in [3.05, 3.63) is 46.4 Å². The Kier molecular flexibility index (Phi) is 6.24. The summed E-state index contributed by atoms with van der Waals surface area (Å²) in [5.41, 5.74) is 1.74. The van der Waals surface area contributed by atoms with Gasteiger partial charge in [0, 0.05) is 5.56 Å². The minimum Gasteiger partial charge on any atom is -0.493 e. The lowest BCUT2D eigenvalue weighted by molar-refractivity contribution is -0.115. The fourth-order valence-electron chi connectivity index (χ4n) is 3.47. The standard InChI is InChI=1S/C22H20N2O6S2/c1-27-16-10-13(11-17(28-2)19(16)29-3)21(26)24-6-7-30-15-5-4-12(8-14(15)24)9-18-20(25)23-22(31)32-18/h4-5,8-11H,6-7H2,1-3H3,(H,23,25,31)/b18-9-. The van der Waals surface area contributed by atoms with Crippen molar-refractivity contribution in [2.24, 2.45) is 0 Å². The fourth-order valence-corrected chi connectivity index (χ4v) is 4.51. The lowest BCUT2D eigenvalue weighted by Gasteiger charge is -2.30. The van der Waals surface area contributed by atoms with Gasteiger partial charge in [-0.3, -0.25) is 9.59 Å². The van der Waals surface area contributed by atoms with Gasteiger partial charge in [0.05, 0.1) is 38.5 Å². The van der Waals surface area contributed by atoms with Gasteiger partial charge in [-0.05, 0) is 35.9 Å². The van der Waals surface area contributed by atoms with E-state index in [2.05, 4.69) is 5.32 Å². The van der Waals surface area contributed by atoms with E-state index in [0.717, 1.165) is 5.56 Å². The maximum Gasteiger partial charge on any atom is 0.263 e. The number of fused-ring (bicyclic) bond motifs is 1. The highest BCUT2D eigenvalue weighted by molar-refractivity contribution is 8.26. The quantitative estimate of drug-likeness (QED) is 0.524. The molecule has 1 saturated heterocycles. The van der Waals surface area contributed by atoms with Crippen LogP contribution in [0.4, 0.5) is 5.69 Å². The molecule has 2 heterocycles. The summed E-state index contributed by atoms with van der Waals surface area (Å²) in [5.74, 6) is 1.29. The van der Waals surface area contributed by atoms with Crippen molar-refractivity contribution in [3.8, 4) is 23.0 Å². The van der Waals surface area contributed by atoms with Gasteiger partial charge in [0.25, 0.3) is 11.8 Å². The maximum atomic E-state index is 13.5. The molecule has 0 aromatic heterocycles. The smallest absolute Gasteiger partial charge is 0.263 e. The molecular weight excluding hydrogens is 452 g/mol. The van der Waals surface area contributed by atoms with Gasteiger partial charge >= 0.3 is 0 Å². The Labute approximate surface area is 194 Å². The molecule has 166 valence electrons. The lowest BCUT2D eigenvalue weighted by atomic mass is 10.1. The summed E-state index contributed by atoms with van der Waals surface area (Å²) in [5, 5.41) is 2.59. The number of thioether (sulfide) groups is 1. The molecule has 0 aliphatic carbocycles. The molecule has 32 heavy (non-hydrogen) atoms. The van der Waals surface area contributed by atoms with Gasteiger partial charge in [0.15, 0.2) is 11.5 Å². The van der Waals surface area contributed by atoms with Gasteiger partial charge in [-0.1, -0.05) is 30.0 Å². The predicted octanol–water partition coefficient (Wildman–Crippen LogP) is 3.24. The van der Waals surface area contributed by atoms with Crippen LogP contribution in [0.5, 0.6) is 23.0 Å². The van der Waals surface area contributed by atoms with Crippen molar-refractivity contribution in [1.29, 1.82) is 0 Å². The van der Waals surface area contributed by atoms with Crippen LogP contribution in [0.2, 0.25) is 0 Å². The highest BCUT2D eigenvalue weighted by Crippen LogP contribution is 2.40. The van der Waals surface area contributed by atoms with E-state index in [-0.39, 0.29) is 11.8 Å². The number of rotatable bonds is 5. The number of methoxy groups -OCH3 is 3. The normalized spacial score (nSPS) is 16.3. The van der Waals surface area contributed by atoms with Crippen molar-refractivity contribution >= 4 is 51.9 Å².